The number of oxazole rings is 1. The highest BCUT2D eigenvalue weighted by molar-refractivity contribution is 5.94. The van der Waals surface area contributed by atoms with Crippen LogP contribution >= 0.6 is 0 Å². The van der Waals surface area contributed by atoms with Gasteiger partial charge in [-0.05, 0) is 49.2 Å². The lowest BCUT2D eigenvalue weighted by molar-refractivity contribution is -0.146. The average Bonchev–Trinajstić information content (AvgIpc) is 3.12. The van der Waals surface area contributed by atoms with Crippen LogP contribution in [0.1, 0.15) is 18.9 Å². The Labute approximate surface area is 172 Å². The van der Waals surface area contributed by atoms with Gasteiger partial charge in [-0.15, -0.1) is 0 Å². The van der Waals surface area contributed by atoms with Crippen LogP contribution in [0.5, 0.6) is 0 Å². The molecule has 8 nitrogen and oxygen atoms in total. The van der Waals surface area contributed by atoms with Gasteiger partial charge >= 0.3 is 12.0 Å². The van der Waals surface area contributed by atoms with Crippen LogP contribution in [-0.2, 0) is 9.53 Å². The van der Waals surface area contributed by atoms with E-state index in [0.29, 0.717) is 16.7 Å². The topological polar surface area (TPSA) is 114 Å². The van der Waals surface area contributed by atoms with Crippen molar-refractivity contribution < 1.29 is 28.2 Å². The molecule has 0 saturated carbocycles. The highest BCUT2D eigenvalue weighted by atomic mass is 19.1. The lowest BCUT2D eigenvalue weighted by atomic mass is 9.98. The summed E-state index contributed by atoms with van der Waals surface area (Å²) in [4.78, 5) is 28.2. The molecule has 0 aliphatic carbocycles. The Hall–Kier alpha value is -3.46. The molecule has 1 atom stereocenters. The van der Waals surface area contributed by atoms with Gasteiger partial charge in [0.2, 0.25) is 5.89 Å². The summed E-state index contributed by atoms with van der Waals surface area (Å²) in [5.41, 5.74) is 0.939. The molecule has 0 fully saturated rings. The van der Waals surface area contributed by atoms with Crippen LogP contribution in [0.4, 0.5) is 14.9 Å². The predicted octanol–water partition coefficient (Wildman–Crippen LogP) is 3.94. The number of urea groups is 1. The van der Waals surface area contributed by atoms with Crippen LogP contribution in [0.15, 0.2) is 40.8 Å². The van der Waals surface area contributed by atoms with Gasteiger partial charge < -0.3 is 24.9 Å². The second-order valence-electron chi connectivity index (χ2n) is 6.94. The molecule has 158 valence electrons. The van der Waals surface area contributed by atoms with Gasteiger partial charge in [0.1, 0.15) is 11.3 Å². The number of hydrogen-bond acceptors (Lipinski definition) is 5. The van der Waals surface area contributed by atoms with Gasteiger partial charge in [-0.25, -0.2) is 19.0 Å². The van der Waals surface area contributed by atoms with Crippen molar-refractivity contribution in [3.05, 3.63) is 47.8 Å². The van der Waals surface area contributed by atoms with Crippen LogP contribution in [-0.4, -0.2) is 41.3 Å². The molecule has 1 unspecified atom stereocenters. The Kier molecular flexibility index (Phi) is 6.02. The zero-order valence-electron chi connectivity index (χ0n) is 16.8. The molecule has 0 aliphatic rings. The van der Waals surface area contributed by atoms with E-state index < -0.39 is 23.4 Å². The van der Waals surface area contributed by atoms with Crippen LogP contribution in [0.25, 0.3) is 22.6 Å². The van der Waals surface area contributed by atoms with Gasteiger partial charge in [0, 0.05) is 12.7 Å². The number of fused-ring (bicyclic) bond motifs is 1. The van der Waals surface area contributed by atoms with Gasteiger partial charge in [0.25, 0.3) is 0 Å². The Morgan fingerprint density at radius 3 is 2.67 bits per heavy atom. The van der Waals surface area contributed by atoms with Gasteiger partial charge in [0.15, 0.2) is 11.1 Å². The van der Waals surface area contributed by atoms with E-state index in [0.717, 1.165) is 5.56 Å². The molecule has 30 heavy (non-hydrogen) atoms. The molecule has 2 amide bonds. The standard InChI is InChI=1S/C21H22FN3O5/c1-4-21(11-29-3,19(26)27)25-20(28)24-15-7-6-13(10-14(15)22)18-23-16-9-12(2)5-8-17(16)30-18/h5-10H,4,11H2,1-3H3,(H,26,27)(H2,24,25,28). The second-order valence-corrected chi connectivity index (χ2v) is 6.94. The molecule has 2 aromatic carbocycles. The molecule has 3 rings (SSSR count). The highest BCUT2D eigenvalue weighted by Crippen LogP contribution is 2.27. The summed E-state index contributed by atoms with van der Waals surface area (Å²) in [6.45, 7) is 3.30. The number of carboxylic acid groups (broad SMARTS) is 1. The van der Waals surface area contributed by atoms with Gasteiger partial charge in [0.05, 0.1) is 12.3 Å². The van der Waals surface area contributed by atoms with Gasteiger partial charge in [-0.1, -0.05) is 13.0 Å². The molecular weight excluding hydrogens is 393 g/mol. The number of halogens is 1. The third-order valence-corrected chi connectivity index (χ3v) is 4.76. The quantitative estimate of drug-likeness (QED) is 0.539. The van der Waals surface area contributed by atoms with E-state index >= 15 is 0 Å². The number of nitrogens with one attached hydrogen (secondary N) is 2. The molecule has 3 aromatic rings. The normalized spacial score (nSPS) is 13.1. The van der Waals surface area contributed by atoms with E-state index in [1.807, 2.05) is 19.1 Å². The molecular formula is C21H22FN3O5. The van der Waals surface area contributed by atoms with Crippen molar-refractivity contribution in [2.75, 3.05) is 19.0 Å². The number of amides is 2. The van der Waals surface area contributed by atoms with Crippen LogP contribution in [0.2, 0.25) is 0 Å². The highest BCUT2D eigenvalue weighted by Gasteiger charge is 2.38. The van der Waals surface area contributed by atoms with Crippen LogP contribution < -0.4 is 10.6 Å². The van der Waals surface area contributed by atoms with Crippen LogP contribution in [0, 0.1) is 12.7 Å². The van der Waals surface area contributed by atoms with Crippen molar-refractivity contribution in [1.82, 2.24) is 10.3 Å². The number of benzene rings is 2. The fourth-order valence-corrected chi connectivity index (χ4v) is 3.02. The van der Waals surface area contributed by atoms with E-state index in [1.54, 1.807) is 19.1 Å². The summed E-state index contributed by atoms with van der Waals surface area (Å²) < 4.78 is 25.2. The SMILES string of the molecule is CCC(COC)(NC(=O)Nc1ccc(-c2nc3cc(C)ccc3o2)cc1F)C(=O)O. The zero-order valence-corrected chi connectivity index (χ0v) is 16.8. The maximum absolute atomic E-state index is 14.6. The third kappa shape index (κ3) is 4.25. The minimum absolute atomic E-state index is 0.0855. The lowest BCUT2D eigenvalue weighted by Gasteiger charge is -2.28. The number of aryl methyl sites for hydroxylation is 1. The Balaban J connectivity index is 1.79. The fraction of sp³-hybridized carbons (Fsp3) is 0.286. The first-order valence-electron chi connectivity index (χ1n) is 9.26. The number of carboxylic acids is 1. The average molecular weight is 415 g/mol. The number of methoxy groups -OCH3 is 1. The van der Waals surface area contributed by atoms with Crippen molar-refractivity contribution in [2.45, 2.75) is 25.8 Å². The number of hydrogen-bond donors (Lipinski definition) is 3. The van der Waals surface area contributed by atoms with E-state index in [2.05, 4.69) is 15.6 Å². The molecule has 0 radical (unpaired) electrons. The minimum atomic E-state index is -1.62. The first-order chi connectivity index (χ1) is 14.3. The van der Waals surface area contributed by atoms with Gasteiger partial charge in [-0.3, -0.25) is 0 Å². The van der Waals surface area contributed by atoms with Crippen molar-refractivity contribution in [3.8, 4) is 11.5 Å². The first-order valence-corrected chi connectivity index (χ1v) is 9.26. The van der Waals surface area contributed by atoms with Crippen LogP contribution in [0.3, 0.4) is 0 Å². The summed E-state index contributed by atoms with van der Waals surface area (Å²) >= 11 is 0. The number of rotatable bonds is 7. The molecule has 9 heteroatoms. The van der Waals surface area contributed by atoms with E-state index in [9.17, 15) is 19.1 Å². The third-order valence-electron chi connectivity index (χ3n) is 4.76. The number of carbonyl (C=O) groups is 2. The Morgan fingerprint density at radius 2 is 2.03 bits per heavy atom. The van der Waals surface area contributed by atoms with E-state index in [4.69, 9.17) is 9.15 Å². The van der Waals surface area contributed by atoms with Gasteiger partial charge in [-0.2, -0.15) is 0 Å². The van der Waals surface area contributed by atoms with Crippen molar-refractivity contribution in [3.63, 3.8) is 0 Å². The molecule has 3 N–H and O–H groups in total. The Bertz CT molecular complexity index is 1100. The summed E-state index contributed by atoms with van der Waals surface area (Å²) in [7, 11) is 1.33. The second kappa shape index (κ2) is 8.50. The molecule has 1 aromatic heterocycles. The summed E-state index contributed by atoms with van der Waals surface area (Å²) in [5, 5.41) is 14.1. The Morgan fingerprint density at radius 1 is 1.27 bits per heavy atom. The fourth-order valence-electron chi connectivity index (χ4n) is 3.02. The van der Waals surface area contributed by atoms with Crippen molar-refractivity contribution >= 4 is 28.8 Å². The van der Waals surface area contributed by atoms with E-state index in [-0.39, 0.29) is 24.6 Å². The van der Waals surface area contributed by atoms with Crippen molar-refractivity contribution in [2.24, 2.45) is 0 Å². The number of nitrogens with zero attached hydrogens (tertiary/aromatic N) is 1. The monoisotopic (exact) mass is 415 g/mol. The smallest absolute Gasteiger partial charge is 0.331 e. The molecule has 0 spiro atoms. The van der Waals surface area contributed by atoms with Crippen molar-refractivity contribution in [1.29, 1.82) is 0 Å². The predicted molar refractivity (Wildman–Crippen MR) is 109 cm³/mol. The molecule has 0 saturated heterocycles. The first kappa shape index (κ1) is 21.3. The maximum Gasteiger partial charge on any atom is 0.331 e. The summed E-state index contributed by atoms with van der Waals surface area (Å²) in [6, 6.07) is 8.78. The minimum Gasteiger partial charge on any atom is -0.479 e. The largest absolute Gasteiger partial charge is 0.479 e. The molecule has 0 aliphatic heterocycles. The molecule has 1 heterocycles. The number of aliphatic carboxylic acids is 1. The lowest BCUT2D eigenvalue weighted by Crippen LogP contribution is -2.58. The summed E-state index contributed by atoms with van der Waals surface area (Å²) in [6.07, 6.45) is 0.0855. The zero-order chi connectivity index (χ0) is 21.9. The number of anilines is 1. The van der Waals surface area contributed by atoms with E-state index in [1.165, 1.54) is 19.2 Å². The molecule has 0 bridgehead atoms. The number of carbonyl (C=O) groups excluding carboxylic acids is 1. The summed E-state index contributed by atoms with van der Waals surface area (Å²) in [5.74, 6) is -1.71. The number of aromatic nitrogens is 1. The maximum atomic E-state index is 14.6. The number of ether oxygens (including phenoxy) is 1.